The number of anilines is 1. The summed E-state index contributed by atoms with van der Waals surface area (Å²) in [6.07, 6.45) is 3.27. The summed E-state index contributed by atoms with van der Waals surface area (Å²) in [6, 6.07) is 5.55. The number of piperazine rings is 1. The molecule has 3 aromatic heterocycles. The van der Waals surface area contributed by atoms with Gasteiger partial charge in [0.2, 0.25) is 5.91 Å². The maximum absolute atomic E-state index is 15.8. The number of benzene rings is 1. The Balaban J connectivity index is 1.86. The number of halogens is 4. The predicted octanol–water partition coefficient (Wildman–Crippen LogP) is 4.05. The molecular formula is C27H22Cl2F2N6O4S. The van der Waals surface area contributed by atoms with Gasteiger partial charge in [-0.25, -0.2) is 36.5 Å². The van der Waals surface area contributed by atoms with Gasteiger partial charge in [-0.05, 0) is 37.3 Å². The Kier molecular flexibility index (Phi) is 7.77. The Morgan fingerprint density at radius 2 is 1.88 bits per heavy atom. The lowest BCUT2D eigenvalue weighted by Crippen LogP contribution is -2.54. The van der Waals surface area contributed by atoms with Crippen molar-refractivity contribution < 1.29 is 22.0 Å². The summed E-state index contributed by atoms with van der Waals surface area (Å²) >= 11 is 12.6. The quantitative estimate of drug-likeness (QED) is 0.238. The molecule has 0 bridgehead atoms. The molecule has 1 aromatic carbocycles. The van der Waals surface area contributed by atoms with E-state index in [0.717, 1.165) is 35.2 Å². The van der Waals surface area contributed by atoms with E-state index < -0.39 is 32.9 Å². The van der Waals surface area contributed by atoms with E-state index in [1.807, 2.05) is 0 Å². The minimum Gasteiger partial charge on any atom is -0.350 e. The molecule has 15 heteroatoms. The molecule has 1 amide bonds. The molecule has 1 aliphatic rings. The molecule has 0 radical (unpaired) electrons. The van der Waals surface area contributed by atoms with Crippen molar-refractivity contribution in [2.24, 2.45) is 0 Å². The van der Waals surface area contributed by atoms with Gasteiger partial charge in [0.25, 0.3) is 0 Å². The minimum absolute atomic E-state index is 0.00182. The fourth-order valence-electron chi connectivity index (χ4n) is 4.94. The molecule has 5 rings (SSSR count). The van der Waals surface area contributed by atoms with E-state index in [1.54, 1.807) is 16.7 Å². The van der Waals surface area contributed by atoms with Gasteiger partial charge in [0, 0.05) is 38.1 Å². The second-order valence-corrected chi connectivity index (χ2v) is 12.3. The Labute approximate surface area is 248 Å². The first-order valence-corrected chi connectivity index (χ1v) is 15.1. The smallest absolute Gasteiger partial charge is 0.350 e. The van der Waals surface area contributed by atoms with Crippen LogP contribution in [0.1, 0.15) is 6.92 Å². The Morgan fingerprint density at radius 1 is 1.14 bits per heavy atom. The van der Waals surface area contributed by atoms with Crippen molar-refractivity contribution in [1.29, 1.82) is 0 Å². The molecule has 10 nitrogen and oxygen atoms in total. The summed E-state index contributed by atoms with van der Waals surface area (Å²) < 4.78 is 56.9. The van der Waals surface area contributed by atoms with Crippen molar-refractivity contribution in [1.82, 2.24) is 24.4 Å². The van der Waals surface area contributed by atoms with Gasteiger partial charge in [-0.2, -0.15) is 4.98 Å². The molecule has 4 heterocycles. The zero-order chi connectivity index (χ0) is 30.5. The van der Waals surface area contributed by atoms with Gasteiger partial charge in [0.15, 0.2) is 26.5 Å². The SMILES string of the molecule is C=CC(=O)N1CCN(c2nc(=O)n(-c3c(S(C)(=O)=O)ccnc3Cl)c3nc(-c4c(F)cccc4Cl)c(F)cc23)[C@@H](C)C1. The highest BCUT2D eigenvalue weighted by molar-refractivity contribution is 7.90. The van der Waals surface area contributed by atoms with E-state index in [4.69, 9.17) is 23.2 Å². The number of fused-ring (bicyclic) bond motifs is 1. The first-order valence-electron chi connectivity index (χ1n) is 12.4. The zero-order valence-electron chi connectivity index (χ0n) is 22.2. The van der Waals surface area contributed by atoms with Crippen molar-refractivity contribution in [2.45, 2.75) is 17.9 Å². The number of amides is 1. The molecule has 1 saturated heterocycles. The van der Waals surface area contributed by atoms with Gasteiger partial charge in [-0.15, -0.1) is 0 Å². The summed E-state index contributed by atoms with van der Waals surface area (Å²) in [5.74, 6) is -2.09. The van der Waals surface area contributed by atoms with Crippen LogP contribution in [0.15, 0.2) is 58.9 Å². The van der Waals surface area contributed by atoms with Crippen LogP contribution < -0.4 is 10.6 Å². The first-order chi connectivity index (χ1) is 19.8. The number of carbonyl (C=O) groups is 1. The van der Waals surface area contributed by atoms with Crippen LogP contribution in [0.2, 0.25) is 10.2 Å². The Morgan fingerprint density at radius 3 is 2.52 bits per heavy atom. The predicted molar refractivity (Wildman–Crippen MR) is 155 cm³/mol. The number of hydrogen-bond acceptors (Lipinski definition) is 8. The summed E-state index contributed by atoms with van der Waals surface area (Å²) in [7, 11) is -3.98. The average molecular weight is 635 g/mol. The molecule has 0 unspecified atom stereocenters. The second-order valence-electron chi connectivity index (χ2n) is 9.59. The van der Waals surface area contributed by atoms with Crippen LogP contribution >= 0.6 is 23.2 Å². The number of pyridine rings is 2. The maximum Gasteiger partial charge on any atom is 0.355 e. The molecule has 0 saturated carbocycles. The number of aromatic nitrogens is 4. The van der Waals surface area contributed by atoms with Gasteiger partial charge >= 0.3 is 5.69 Å². The zero-order valence-corrected chi connectivity index (χ0v) is 24.5. The van der Waals surface area contributed by atoms with Gasteiger partial charge < -0.3 is 9.80 Å². The molecule has 0 spiro atoms. The number of hydrogen-bond donors (Lipinski definition) is 0. The molecule has 1 aliphatic heterocycles. The van der Waals surface area contributed by atoms with Crippen LogP contribution in [-0.4, -0.2) is 70.7 Å². The van der Waals surface area contributed by atoms with Crippen LogP contribution in [0.4, 0.5) is 14.6 Å². The first kappa shape index (κ1) is 29.5. The highest BCUT2D eigenvalue weighted by Gasteiger charge is 2.31. The highest BCUT2D eigenvalue weighted by Crippen LogP contribution is 2.36. The van der Waals surface area contributed by atoms with Gasteiger partial charge in [0.05, 0.1) is 20.9 Å². The van der Waals surface area contributed by atoms with E-state index >= 15 is 4.39 Å². The van der Waals surface area contributed by atoms with Gasteiger partial charge in [0.1, 0.15) is 23.0 Å². The largest absolute Gasteiger partial charge is 0.355 e. The fraction of sp³-hybridized carbons (Fsp3) is 0.222. The van der Waals surface area contributed by atoms with Crippen LogP contribution in [0.25, 0.3) is 28.0 Å². The van der Waals surface area contributed by atoms with Crippen molar-refractivity contribution in [3.8, 4) is 16.9 Å². The third kappa shape index (κ3) is 5.12. The fourth-order valence-corrected chi connectivity index (χ4v) is 6.34. The number of nitrogens with zero attached hydrogens (tertiary/aromatic N) is 6. The van der Waals surface area contributed by atoms with Crippen LogP contribution in [0, 0.1) is 11.6 Å². The maximum atomic E-state index is 15.8. The summed E-state index contributed by atoms with van der Waals surface area (Å²) in [5, 5.41) is -0.507. The van der Waals surface area contributed by atoms with Crippen LogP contribution in [0.5, 0.6) is 0 Å². The molecule has 218 valence electrons. The second kappa shape index (κ2) is 11.0. The number of carbonyl (C=O) groups excluding carboxylic acids is 1. The third-order valence-electron chi connectivity index (χ3n) is 6.85. The molecular weight excluding hydrogens is 613 g/mol. The van der Waals surface area contributed by atoms with Crippen molar-refractivity contribution in [3.05, 3.63) is 81.5 Å². The molecule has 42 heavy (non-hydrogen) atoms. The topological polar surface area (TPSA) is 118 Å². The molecule has 0 aliphatic carbocycles. The van der Waals surface area contributed by atoms with E-state index in [-0.39, 0.29) is 74.8 Å². The van der Waals surface area contributed by atoms with E-state index in [0.29, 0.717) is 0 Å². The lowest BCUT2D eigenvalue weighted by atomic mass is 10.1. The average Bonchev–Trinajstić information content (AvgIpc) is 2.92. The number of sulfone groups is 1. The van der Waals surface area contributed by atoms with Crippen molar-refractivity contribution >= 4 is 55.8 Å². The normalized spacial score (nSPS) is 15.7. The molecule has 4 aromatic rings. The van der Waals surface area contributed by atoms with Crippen molar-refractivity contribution in [2.75, 3.05) is 30.8 Å². The Hall–Kier alpha value is -3.94. The van der Waals surface area contributed by atoms with Gasteiger partial charge in [-0.3, -0.25) is 4.79 Å². The monoisotopic (exact) mass is 634 g/mol. The number of rotatable bonds is 5. The van der Waals surface area contributed by atoms with E-state index in [2.05, 4.69) is 21.5 Å². The van der Waals surface area contributed by atoms with E-state index in [9.17, 15) is 22.4 Å². The summed E-state index contributed by atoms with van der Waals surface area (Å²) in [6.45, 7) is 6.03. The lowest BCUT2D eigenvalue weighted by Gasteiger charge is -2.40. The minimum atomic E-state index is -3.98. The highest BCUT2D eigenvalue weighted by atomic mass is 35.5. The van der Waals surface area contributed by atoms with Gasteiger partial charge in [-0.1, -0.05) is 35.8 Å². The molecule has 1 fully saturated rings. The molecule has 0 N–H and O–H groups in total. The van der Waals surface area contributed by atoms with Crippen LogP contribution in [0.3, 0.4) is 0 Å². The Bertz CT molecular complexity index is 1930. The van der Waals surface area contributed by atoms with E-state index in [1.165, 1.54) is 18.2 Å². The third-order valence-corrected chi connectivity index (χ3v) is 8.57. The summed E-state index contributed by atoms with van der Waals surface area (Å²) in [4.78, 5) is 41.4. The lowest BCUT2D eigenvalue weighted by molar-refractivity contribution is -0.126. The molecule has 1 atom stereocenters. The van der Waals surface area contributed by atoms with Crippen molar-refractivity contribution in [3.63, 3.8) is 0 Å². The standard InChI is InChI=1S/C27H22Cl2F2N6O4S/c1-4-20(38)35-10-11-36(14(2)13-35)25-15-12-18(31)22(21-16(28)6-5-7-17(21)30)33-26(15)37(27(39)34-25)23-19(42(3,40)41)8-9-32-24(23)29/h4-9,12,14H,1,10-11,13H2,2-3H3/t14-/m0/s1. The van der Waals surface area contributed by atoms with Crippen LogP contribution in [-0.2, 0) is 14.6 Å². The summed E-state index contributed by atoms with van der Waals surface area (Å²) in [5.41, 5.74) is -2.50.